The Kier molecular flexibility index (Phi) is 8.83. The van der Waals surface area contributed by atoms with Crippen LogP contribution in [-0.2, 0) is 14.3 Å². The van der Waals surface area contributed by atoms with E-state index >= 15 is 0 Å². The molecule has 3 aromatic carbocycles. The Morgan fingerprint density at radius 1 is 0.914 bits per heavy atom. The SMILES string of the molecule is CCOc1ccccc1C(=O)NCC(=O)OC(C(=O)Nc1cc(C)ccc1OC)c1ccccc1. The summed E-state index contributed by atoms with van der Waals surface area (Å²) in [5.74, 6) is -0.929. The van der Waals surface area contributed by atoms with Crippen LogP contribution in [0, 0.1) is 6.92 Å². The lowest BCUT2D eigenvalue weighted by Gasteiger charge is -2.19. The molecular weight excluding hydrogens is 448 g/mol. The third-order valence-corrected chi connectivity index (χ3v) is 5.03. The summed E-state index contributed by atoms with van der Waals surface area (Å²) in [5, 5.41) is 5.30. The first-order valence-electron chi connectivity index (χ1n) is 11.1. The summed E-state index contributed by atoms with van der Waals surface area (Å²) >= 11 is 0. The minimum Gasteiger partial charge on any atom is -0.495 e. The average Bonchev–Trinajstić information content (AvgIpc) is 2.87. The molecule has 3 rings (SSSR count). The standard InChI is InChI=1S/C27H28N2O6/c1-4-34-22-13-9-8-12-20(22)26(31)28-17-24(30)35-25(19-10-6-5-7-11-19)27(32)29-21-16-18(2)14-15-23(21)33-3/h5-16,25H,4,17H2,1-3H3,(H,28,31)(H,29,32). The molecule has 1 unspecified atom stereocenters. The summed E-state index contributed by atoms with van der Waals surface area (Å²) in [4.78, 5) is 38.4. The third kappa shape index (κ3) is 6.83. The second kappa shape index (κ2) is 12.2. The largest absolute Gasteiger partial charge is 0.495 e. The smallest absolute Gasteiger partial charge is 0.326 e. The van der Waals surface area contributed by atoms with Crippen LogP contribution in [0.25, 0.3) is 0 Å². The van der Waals surface area contributed by atoms with Gasteiger partial charge in [-0.25, -0.2) is 0 Å². The molecule has 0 spiro atoms. The Morgan fingerprint density at radius 2 is 1.63 bits per heavy atom. The molecule has 182 valence electrons. The molecule has 0 saturated heterocycles. The molecule has 8 heteroatoms. The van der Waals surface area contributed by atoms with Gasteiger partial charge in [0.15, 0.2) is 0 Å². The summed E-state index contributed by atoms with van der Waals surface area (Å²) in [5.41, 5.74) is 2.16. The molecule has 0 radical (unpaired) electrons. The summed E-state index contributed by atoms with van der Waals surface area (Å²) in [6, 6.07) is 20.7. The van der Waals surface area contributed by atoms with E-state index in [9.17, 15) is 14.4 Å². The summed E-state index contributed by atoms with van der Waals surface area (Å²) in [7, 11) is 1.50. The van der Waals surface area contributed by atoms with E-state index in [1.54, 1.807) is 66.7 Å². The number of anilines is 1. The number of ether oxygens (including phenoxy) is 3. The Labute approximate surface area is 204 Å². The maximum atomic E-state index is 13.2. The van der Waals surface area contributed by atoms with Crippen molar-refractivity contribution in [3.05, 3.63) is 89.5 Å². The van der Waals surface area contributed by atoms with Gasteiger partial charge in [-0.05, 0) is 43.7 Å². The van der Waals surface area contributed by atoms with E-state index in [1.165, 1.54) is 7.11 Å². The fourth-order valence-corrected chi connectivity index (χ4v) is 3.37. The van der Waals surface area contributed by atoms with Crippen molar-refractivity contribution in [3.63, 3.8) is 0 Å². The monoisotopic (exact) mass is 476 g/mol. The lowest BCUT2D eigenvalue weighted by molar-refractivity contribution is -0.153. The number of carbonyl (C=O) groups excluding carboxylic acids is 3. The van der Waals surface area contributed by atoms with Crippen LogP contribution in [0.3, 0.4) is 0 Å². The Hall–Kier alpha value is -4.33. The van der Waals surface area contributed by atoms with E-state index in [4.69, 9.17) is 14.2 Å². The van der Waals surface area contributed by atoms with Crippen LogP contribution in [0.15, 0.2) is 72.8 Å². The molecule has 8 nitrogen and oxygen atoms in total. The normalized spacial score (nSPS) is 11.2. The number of amides is 2. The van der Waals surface area contributed by atoms with Gasteiger partial charge in [-0.15, -0.1) is 0 Å². The van der Waals surface area contributed by atoms with Gasteiger partial charge in [0.1, 0.15) is 18.0 Å². The maximum Gasteiger partial charge on any atom is 0.326 e. The van der Waals surface area contributed by atoms with Crippen molar-refractivity contribution in [1.29, 1.82) is 0 Å². The van der Waals surface area contributed by atoms with Gasteiger partial charge < -0.3 is 24.8 Å². The van der Waals surface area contributed by atoms with Crippen LogP contribution in [0.1, 0.15) is 34.5 Å². The Morgan fingerprint density at radius 3 is 2.34 bits per heavy atom. The zero-order valence-corrected chi connectivity index (χ0v) is 19.9. The van der Waals surface area contributed by atoms with Crippen LogP contribution in [-0.4, -0.2) is 38.0 Å². The van der Waals surface area contributed by atoms with E-state index in [1.807, 2.05) is 19.9 Å². The van der Waals surface area contributed by atoms with Gasteiger partial charge in [0.2, 0.25) is 6.10 Å². The molecule has 0 saturated carbocycles. The number of methoxy groups -OCH3 is 1. The van der Waals surface area contributed by atoms with Crippen molar-refractivity contribution in [2.24, 2.45) is 0 Å². The number of nitrogens with one attached hydrogen (secondary N) is 2. The van der Waals surface area contributed by atoms with Crippen LogP contribution < -0.4 is 20.1 Å². The Bertz CT molecular complexity index is 1180. The first-order chi connectivity index (χ1) is 16.9. The van der Waals surface area contributed by atoms with Crippen LogP contribution in [0.5, 0.6) is 11.5 Å². The number of rotatable bonds is 10. The highest BCUT2D eigenvalue weighted by atomic mass is 16.5. The van der Waals surface area contributed by atoms with Crippen molar-refractivity contribution in [2.45, 2.75) is 20.0 Å². The summed E-state index contributed by atoms with van der Waals surface area (Å²) in [6.45, 7) is 3.67. The van der Waals surface area contributed by atoms with E-state index in [2.05, 4.69) is 10.6 Å². The van der Waals surface area contributed by atoms with E-state index in [0.717, 1.165) is 5.56 Å². The van der Waals surface area contributed by atoms with E-state index < -0.39 is 30.4 Å². The van der Waals surface area contributed by atoms with Gasteiger partial charge in [0.05, 0.1) is 25.0 Å². The number of esters is 1. The highest BCUT2D eigenvalue weighted by Crippen LogP contribution is 2.28. The van der Waals surface area contributed by atoms with Gasteiger partial charge in [-0.3, -0.25) is 14.4 Å². The highest BCUT2D eigenvalue weighted by Gasteiger charge is 2.26. The molecule has 0 fully saturated rings. The number of hydrogen-bond donors (Lipinski definition) is 2. The molecule has 0 aliphatic heterocycles. The molecule has 2 amide bonds. The quantitative estimate of drug-likeness (QED) is 0.428. The summed E-state index contributed by atoms with van der Waals surface area (Å²) < 4.78 is 16.3. The van der Waals surface area contributed by atoms with Crippen molar-refractivity contribution in [2.75, 3.05) is 25.6 Å². The van der Waals surface area contributed by atoms with Crippen molar-refractivity contribution < 1.29 is 28.6 Å². The number of benzene rings is 3. The predicted molar refractivity (Wildman–Crippen MR) is 132 cm³/mol. The summed E-state index contributed by atoms with van der Waals surface area (Å²) in [6.07, 6.45) is -1.23. The molecular formula is C27H28N2O6. The predicted octanol–water partition coefficient (Wildman–Crippen LogP) is 4.06. The lowest BCUT2D eigenvalue weighted by atomic mass is 10.1. The topological polar surface area (TPSA) is 103 Å². The first kappa shape index (κ1) is 25.3. The van der Waals surface area contributed by atoms with Crippen molar-refractivity contribution in [3.8, 4) is 11.5 Å². The first-order valence-corrected chi connectivity index (χ1v) is 11.1. The molecule has 0 aliphatic rings. The molecule has 2 N–H and O–H groups in total. The van der Waals surface area contributed by atoms with Crippen molar-refractivity contribution in [1.82, 2.24) is 5.32 Å². The molecule has 35 heavy (non-hydrogen) atoms. The maximum absolute atomic E-state index is 13.2. The zero-order chi connectivity index (χ0) is 25.2. The second-order valence-corrected chi connectivity index (χ2v) is 7.59. The average molecular weight is 477 g/mol. The number of para-hydroxylation sites is 1. The number of hydrogen-bond acceptors (Lipinski definition) is 6. The highest BCUT2D eigenvalue weighted by molar-refractivity contribution is 5.99. The number of carbonyl (C=O) groups is 3. The van der Waals surface area contributed by atoms with E-state index in [-0.39, 0.29) is 0 Å². The molecule has 0 aliphatic carbocycles. The van der Waals surface area contributed by atoms with Crippen molar-refractivity contribution >= 4 is 23.5 Å². The second-order valence-electron chi connectivity index (χ2n) is 7.59. The van der Waals surface area contributed by atoms with E-state index in [0.29, 0.717) is 34.9 Å². The molecule has 1 atom stereocenters. The number of aryl methyl sites for hydroxylation is 1. The van der Waals surface area contributed by atoms with Crippen LogP contribution in [0.4, 0.5) is 5.69 Å². The molecule has 3 aromatic rings. The lowest BCUT2D eigenvalue weighted by Crippen LogP contribution is -2.34. The minimum atomic E-state index is -1.23. The van der Waals surface area contributed by atoms with Crippen LogP contribution in [0.2, 0.25) is 0 Å². The van der Waals surface area contributed by atoms with Gasteiger partial charge >= 0.3 is 5.97 Å². The molecule has 0 bridgehead atoms. The molecule has 0 heterocycles. The van der Waals surface area contributed by atoms with Gasteiger partial charge in [-0.1, -0.05) is 48.5 Å². The Balaban J connectivity index is 1.72. The fraction of sp³-hybridized carbons (Fsp3) is 0.222. The van der Waals surface area contributed by atoms with Gasteiger partial charge in [-0.2, -0.15) is 0 Å². The molecule has 0 aromatic heterocycles. The zero-order valence-electron chi connectivity index (χ0n) is 19.9. The third-order valence-electron chi connectivity index (χ3n) is 5.03. The van der Waals surface area contributed by atoms with Gasteiger partial charge in [0.25, 0.3) is 11.8 Å². The van der Waals surface area contributed by atoms with Crippen LogP contribution >= 0.6 is 0 Å². The fourth-order valence-electron chi connectivity index (χ4n) is 3.37. The minimum absolute atomic E-state index is 0.297. The van der Waals surface area contributed by atoms with Gasteiger partial charge in [0, 0.05) is 5.56 Å².